The zero-order valence-corrected chi connectivity index (χ0v) is 16.1. The minimum atomic E-state index is -1.94. The SMILES string of the molecule is COc1ccc(C(=O)CC2(O)C(=O)Nc3ccc(C)c(Br)c32)cc1OC. The third kappa shape index (κ3) is 2.87. The molecule has 0 spiro atoms. The Balaban J connectivity index is 1.98. The Labute approximate surface area is 159 Å². The van der Waals surface area contributed by atoms with Crippen molar-refractivity contribution in [3.05, 3.63) is 51.5 Å². The number of anilines is 1. The van der Waals surface area contributed by atoms with Crippen LogP contribution >= 0.6 is 15.9 Å². The number of nitrogens with one attached hydrogen (secondary N) is 1. The van der Waals surface area contributed by atoms with Crippen LogP contribution in [0.5, 0.6) is 11.5 Å². The molecule has 0 aromatic heterocycles. The first-order valence-electron chi connectivity index (χ1n) is 7.90. The number of hydrogen-bond acceptors (Lipinski definition) is 5. The molecule has 0 saturated carbocycles. The average molecular weight is 420 g/mol. The van der Waals surface area contributed by atoms with Crippen LogP contribution in [0.15, 0.2) is 34.8 Å². The first kappa shape index (κ1) is 18.4. The number of aryl methyl sites for hydroxylation is 1. The first-order valence-corrected chi connectivity index (χ1v) is 8.69. The van der Waals surface area contributed by atoms with Crippen molar-refractivity contribution in [3.8, 4) is 11.5 Å². The van der Waals surface area contributed by atoms with E-state index in [1.807, 2.05) is 13.0 Å². The predicted octanol–water partition coefficient (Wildman–Crippen LogP) is 3.19. The Morgan fingerprint density at radius 1 is 1.19 bits per heavy atom. The number of ether oxygens (including phenoxy) is 2. The molecule has 2 aromatic carbocycles. The minimum absolute atomic E-state index is 0.320. The standard InChI is InChI=1S/C19H18BrNO5/c1-10-4-6-12-16(17(10)20)19(24,18(23)21-12)9-13(22)11-5-7-14(25-2)15(8-11)26-3/h4-8,24H,9H2,1-3H3,(H,21,23). The van der Waals surface area contributed by atoms with E-state index in [1.54, 1.807) is 18.2 Å². The van der Waals surface area contributed by atoms with Crippen LogP contribution in [0.25, 0.3) is 0 Å². The van der Waals surface area contributed by atoms with Gasteiger partial charge in [0.05, 0.1) is 20.6 Å². The molecule has 0 radical (unpaired) electrons. The number of rotatable bonds is 5. The second-order valence-corrected chi connectivity index (χ2v) is 6.90. The number of hydrogen-bond donors (Lipinski definition) is 2. The highest BCUT2D eigenvalue weighted by Gasteiger charge is 2.48. The van der Waals surface area contributed by atoms with E-state index >= 15 is 0 Å². The van der Waals surface area contributed by atoms with Gasteiger partial charge in [0.15, 0.2) is 22.9 Å². The number of carbonyl (C=O) groups is 2. The molecule has 1 aliphatic heterocycles. The lowest BCUT2D eigenvalue weighted by molar-refractivity contribution is -0.133. The third-order valence-electron chi connectivity index (χ3n) is 4.49. The summed E-state index contributed by atoms with van der Waals surface area (Å²) in [6, 6.07) is 8.26. The summed E-state index contributed by atoms with van der Waals surface area (Å²) in [5.41, 5.74) is 0.120. The van der Waals surface area contributed by atoms with Gasteiger partial charge in [-0.3, -0.25) is 9.59 Å². The van der Waals surface area contributed by atoms with E-state index in [0.717, 1.165) is 5.56 Å². The summed E-state index contributed by atoms with van der Waals surface area (Å²) in [4.78, 5) is 25.2. The summed E-state index contributed by atoms with van der Waals surface area (Å²) in [5, 5.41) is 13.7. The molecular formula is C19H18BrNO5. The van der Waals surface area contributed by atoms with E-state index in [-0.39, 0.29) is 12.2 Å². The van der Waals surface area contributed by atoms with Crippen LogP contribution in [-0.4, -0.2) is 31.0 Å². The summed E-state index contributed by atoms with van der Waals surface area (Å²) in [7, 11) is 2.97. The molecule has 1 heterocycles. The maximum absolute atomic E-state index is 12.8. The molecule has 2 aromatic rings. The van der Waals surface area contributed by atoms with E-state index in [4.69, 9.17) is 9.47 Å². The quantitative estimate of drug-likeness (QED) is 0.726. The highest BCUT2D eigenvalue weighted by molar-refractivity contribution is 9.10. The van der Waals surface area contributed by atoms with Crippen molar-refractivity contribution in [3.63, 3.8) is 0 Å². The van der Waals surface area contributed by atoms with E-state index < -0.39 is 11.5 Å². The van der Waals surface area contributed by atoms with E-state index in [2.05, 4.69) is 21.2 Å². The second-order valence-electron chi connectivity index (χ2n) is 6.10. The first-order chi connectivity index (χ1) is 12.3. The van der Waals surface area contributed by atoms with Gasteiger partial charge in [0.25, 0.3) is 5.91 Å². The number of Topliss-reactive ketones (excluding diaryl/α,β-unsaturated/α-hetero) is 1. The van der Waals surface area contributed by atoms with Gasteiger partial charge in [0.1, 0.15) is 0 Å². The fourth-order valence-corrected chi connectivity index (χ4v) is 3.71. The van der Waals surface area contributed by atoms with Crippen LogP contribution in [0.4, 0.5) is 5.69 Å². The smallest absolute Gasteiger partial charge is 0.261 e. The number of halogens is 1. The number of amides is 1. The molecule has 0 aliphatic carbocycles. The number of benzene rings is 2. The predicted molar refractivity (Wildman–Crippen MR) is 99.9 cm³/mol. The van der Waals surface area contributed by atoms with Gasteiger partial charge in [-0.1, -0.05) is 22.0 Å². The maximum atomic E-state index is 12.8. The summed E-state index contributed by atoms with van der Waals surface area (Å²) in [6.45, 7) is 1.85. The lowest BCUT2D eigenvalue weighted by Gasteiger charge is -2.22. The van der Waals surface area contributed by atoms with Crippen LogP contribution < -0.4 is 14.8 Å². The molecule has 1 aliphatic rings. The van der Waals surface area contributed by atoms with Gasteiger partial charge < -0.3 is 19.9 Å². The molecule has 1 amide bonds. The summed E-state index contributed by atoms with van der Waals surface area (Å²) in [6.07, 6.45) is -0.386. The molecule has 136 valence electrons. The molecule has 0 saturated heterocycles. The fraction of sp³-hybridized carbons (Fsp3) is 0.263. The monoisotopic (exact) mass is 419 g/mol. The van der Waals surface area contributed by atoms with Gasteiger partial charge in [-0.25, -0.2) is 0 Å². The van der Waals surface area contributed by atoms with Crippen molar-refractivity contribution in [2.45, 2.75) is 18.9 Å². The summed E-state index contributed by atoms with van der Waals surface area (Å²) < 4.78 is 11.0. The van der Waals surface area contributed by atoms with Crippen molar-refractivity contribution in [1.29, 1.82) is 0 Å². The molecule has 1 atom stereocenters. The van der Waals surface area contributed by atoms with Crippen molar-refractivity contribution >= 4 is 33.3 Å². The zero-order chi connectivity index (χ0) is 19.1. The summed E-state index contributed by atoms with van der Waals surface area (Å²) in [5.74, 6) is -0.110. The fourth-order valence-electron chi connectivity index (χ4n) is 3.04. The number of fused-ring (bicyclic) bond motifs is 1. The Morgan fingerprint density at radius 3 is 2.54 bits per heavy atom. The summed E-state index contributed by atoms with van der Waals surface area (Å²) >= 11 is 3.42. The molecular weight excluding hydrogens is 402 g/mol. The van der Waals surface area contributed by atoms with Gasteiger partial charge in [-0.2, -0.15) is 0 Å². The van der Waals surface area contributed by atoms with Gasteiger partial charge in [0, 0.05) is 21.3 Å². The molecule has 0 fully saturated rings. The Morgan fingerprint density at radius 2 is 1.88 bits per heavy atom. The lowest BCUT2D eigenvalue weighted by atomic mass is 9.87. The molecule has 0 bridgehead atoms. The molecule has 7 heteroatoms. The van der Waals surface area contributed by atoms with Gasteiger partial charge >= 0.3 is 0 Å². The lowest BCUT2D eigenvalue weighted by Crippen LogP contribution is -2.36. The topological polar surface area (TPSA) is 84.9 Å². The van der Waals surface area contributed by atoms with E-state index in [9.17, 15) is 14.7 Å². The minimum Gasteiger partial charge on any atom is -0.493 e. The van der Waals surface area contributed by atoms with Crippen LogP contribution in [0.1, 0.15) is 27.9 Å². The Kier molecular flexibility index (Phi) is 4.77. The highest BCUT2D eigenvalue weighted by atomic mass is 79.9. The Hall–Kier alpha value is -2.38. The highest BCUT2D eigenvalue weighted by Crippen LogP contribution is 2.44. The zero-order valence-electron chi connectivity index (χ0n) is 14.6. The third-order valence-corrected chi connectivity index (χ3v) is 5.52. The molecule has 6 nitrogen and oxygen atoms in total. The molecule has 1 unspecified atom stereocenters. The normalized spacial score (nSPS) is 18.3. The largest absolute Gasteiger partial charge is 0.493 e. The van der Waals surface area contributed by atoms with Crippen LogP contribution in [0, 0.1) is 6.92 Å². The van der Waals surface area contributed by atoms with Crippen molar-refractivity contribution in [2.75, 3.05) is 19.5 Å². The van der Waals surface area contributed by atoms with Gasteiger partial charge in [-0.05, 0) is 36.8 Å². The molecule has 3 rings (SSSR count). The van der Waals surface area contributed by atoms with E-state index in [0.29, 0.717) is 32.8 Å². The molecule has 2 N–H and O–H groups in total. The number of ketones is 1. The van der Waals surface area contributed by atoms with Gasteiger partial charge in [0.2, 0.25) is 0 Å². The van der Waals surface area contributed by atoms with Crippen LogP contribution in [0.3, 0.4) is 0 Å². The van der Waals surface area contributed by atoms with Crippen LogP contribution in [0.2, 0.25) is 0 Å². The maximum Gasteiger partial charge on any atom is 0.261 e. The van der Waals surface area contributed by atoms with Crippen molar-refractivity contribution in [1.82, 2.24) is 0 Å². The Bertz CT molecular complexity index is 911. The average Bonchev–Trinajstić information content (AvgIpc) is 2.88. The molecule has 26 heavy (non-hydrogen) atoms. The number of aliphatic hydroxyl groups is 1. The van der Waals surface area contributed by atoms with Crippen molar-refractivity contribution in [2.24, 2.45) is 0 Å². The van der Waals surface area contributed by atoms with Gasteiger partial charge in [-0.15, -0.1) is 0 Å². The van der Waals surface area contributed by atoms with E-state index in [1.165, 1.54) is 20.3 Å². The number of methoxy groups -OCH3 is 2. The number of carbonyl (C=O) groups excluding carboxylic acids is 2. The second kappa shape index (κ2) is 6.74. The van der Waals surface area contributed by atoms with Crippen LogP contribution in [-0.2, 0) is 10.4 Å². The van der Waals surface area contributed by atoms with Crippen molar-refractivity contribution < 1.29 is 24.2 Å².